The fourth-order valence-electron chi connectivity index (χ4n) is 3.22. The van der Waals surface area contributed by atoms with Crippen LogP contribution in [0.3, 0.4) is 0 Å². The molecule has 92 valence electrons. The summed E-state index contributed by atoms with van der Waals surface area (Å²) in [5, 5.41) is 0. The predicted octanol–water partition coefficient (Wildman–Crippen LogP) is 2.54. The van der Waals surface area contributed by atoms with Crippen LogP contribution in [0.15, 0.2) is 18.2 Å². The number of rotatable bonds is 2. The van der Waals surface area contributed by atoms with Gasteiger partial charge in [0, 0.05) is 18.6 Å². The van der Waals surface area contributed by atoms with Crippen molar-refractivity contribution in [3.63, 3.8) is 0 Å². The van der Waals surface area contributed by atoms with Crippen LogP contribution in [0.5, 0.6) is 0 Å². The van der Waals surface area contributed by atoms with E-state index in [1.165, 1.54) is 36.1 Å². The van der Waals surface area contributed by atoms with Crippen LogP contribution in [0.1, 0.15) is 42.0 Å². The standard InChI is InChI=1S/C15H22N2/c1-10-3-6-13(11(2)9-10)15-14(16)7-8-17(15)12-4-5-12/h3,6,9,12,14-15H,4-5,7-8,16H2,1-2H3. The second-order valence-electron chi connectivity index (χ2n) is 5.73. The largest absolute Gasteiger partial charge is 0.326 e. The van der Waals surface area contributed by atoms with Crippen LogP contribution in [0, 0.1) is 13.8 Å². The van der Waals surface area contributed by atoms with Gasteiger partial charge in [-0.2, -0.15) is 0 Å². The lowest BCUT2D eigenvalue weighted by atomic mass is 9.95. The molecule has 2 fully saturated rings. The number of nitrogens with zero attached hydrogens (tertiary/aromatic N) is 1. The van der Waals surface area contributed by atoms with Gasteiger partial charge in [0.05, 0.1) is 6.04 Å². The Balaban J connectivity index is 1.94. The molecule has 17 heavy (non-hydrogen) atoms. The molecule has 0 bridgehead atoms. The van der Waals surface area contributed by atoms with Gasteiger partial charge in [-0.15, -0.1) is 0 Å². The summed E-state index contributed by atoms with van der Waals surface area (Å²) >= 11 is 0. The molecular formula is C15H22N2. The van der Waals surface area contributed by atoms with Gasteiger partial charge >= 0.3 is 0 Å². The fourth-order valence-corrected chi connectivity index (χ4v) is 3.22. The van der Waals surface area contributed by atoms with Crippen molar-refractivity contribution in [2.24, 2.45) is 5.73 Å². The Morgan fingerprint density at radius 2 is 1.94 bits per heavy atom. The smallest absolute Gasteiger partial charge is 0.0505 e. The third-order valence-electron chi connectivity index (χ3n) is 4.24. The Kier molecular flexibility index (Phi) is 2.72. The number of hydrogen-bond acceptors (Lipinski definition) is 2. The summed E-state index contributed by atoms with van der Waals surface area (Å²) in [7, 11) is 0. The number of aryl methyl sites for hydroxylation is 2. The monoisotopic (exact) mass is 230 g/mol. The summed E-state index contributed by atoms with van der Waals surface area (Å²) in [5.74, 6) is 0. The van der Waals surface area contributed by atoms with E-state index in [0.29, 0.717) is 12.1 Å². The molecule has 1 saturated carbocycles. The van der Waals surface area contributed by atoms with E-state index in [9.17, 15) is 0 Å². The first-order valence-electron chi connectivity index (χ1n) is 6.75. The van der Waals surface area contributed by atoms with Gasteiger partial charge in [-0.05, 0) is 44.2 Å². The van der Waals surface area contributed by atoms with Crippen molar-refractivity contribution < 1.29 is 0 Å². The van der Waals surface area contributed by atoms with Crippen LogP contribution in [0.25, 0.3) is 0 Å². The van der Waals surface area contributed by atoms with Crippen molar-refractivity contribution in [1.82, 2.24) is 4.90 Å². The molecule has 1 saturated heterocycles. The highest BCUT2D eigenvalue weighted by Gasteiger charge is 2.41. The van der Waals surface area contributed by atoms with Gasteiger partial charge in [-0.3, -0.25) is 4.90 Å². The molecule has 0 radical (unpaired) electrons. The first-order chi connectivity index (χ1) is 8.16. The van der Waals surface area contributed by atoms with Gasteiger partial charge in [0.15, 0.2) is 0 Å². The van der Waals surface area contributed by atoms with Crippen molar-refractivity contribution in [2.45, 2.75) is 51.2 Å². The molecule has 2 unspecified atom stereocenters. The Hall–Kier alpha value is -0.860. The van der Waals surface area contributed by atoms with Gasteiger partial charge < -0.3 is 5.73 Å². The Bertz CT molecular complexity index is 423. The summed E-state index contributed by atoms with van der Waals surface area (Å²) in [5.41, 5.74) is 10.5. The molecule has 1 aliphatic carbocycles. The topological polar surface area (TPSA) is 29.3 Å². The van der Waals surface area contributed by atoms with Crippen molar-refractivity contribution in [3.05, 3.63) is 34.9 Å². The minimum Gasteiger partial charge on any atom is -0.326 e. The Labute approximate surface area is 104 Å². The molecule has 3 rings (SSSR count). The van der Waals surface area contributed by atoms with Gasteiger partial charge in [0.1, 0.15) is 0 Å². The first kappa shape index (κ1) is 11.2. The van der Waals surface area contributed by atoms with Crippen LogP contribution >= 0.6 is 0 Å². The third kappa shape index (κ3) is 2.00. The normalized spacial score (nSPS) is 29.8. The van der Waals surface area contributed by atoms with E-state index < -0.39 is 0 Å². The Morgan fingerprint density at radius 3 is 2.59 bits per heavy atom. The lowest BCUT2D eigenvalue weighted by Gasteiger charge is -2.28. The van der Waals surface area contributed by atoms with E-state index in [0.717, 1.165) is 12.5 Å². The summed E-state index contributed by atoms with van der Waals surface area (Å²) in [6.07, 6.45) is 3.89. The summed E-state index contributed by atoms with van der Waals surface area (Å²) in [6, 6.07) is 8.38. The SMILES string of the molecule is Cc1ccc(C2C(N)CCN2C2CC2)c(C)c1. The number of hydrogen-bond donors (Lipinski definition) is 1. The second kappa shape index (κ2) is 4.11. The molecule has 2 N–H and O–H groups in total. The van der Waals surface area contributed by atoms with Gasteiger partial charge in [-0.25, -0.2) is 0 Å². The molecule has 1 aromatic carbocycles. The molecule has 0 amide bonds. The second-order valence-corrected chi connectivity index (χ2v) is 5.73. The molecule has 1 aliphatic heterocycles. The molecular weight excluding hydrogens is 208 g/mol. The maximum atomic E-state index is 6.33. The molecule has 0 spiro atoms. The molecule has 2 heteroatoms. The molecule has 2 nitrogen and oxygen atoms in total. The molecule has 2 atom stereocenters. The maximum Gasteiger partial charge on any atom is 0.0505 e. The highest BCUT2D eigenvalue weighted by molar-refractivity contribution is 5.34. The molecule has 0 aromatic heterocycles. The third-order valence-corrected chi connectivity index (χ3v) is 4.24. The highest BCUT2D eigenvalue weighted by Crippen LogP contribution is 2.41. The average Bonchev–Trinajstić information content (AvgIpc) is 3.04. The van der Waals surface area contributed by atoms with Crippen LogP contribution in [0.4, 0.5) is 0 Å². The van der Waals surface area contributed by atoms with Crippen molar-refractivity contribution in [1.29, 1.82) is 0 Å². The van der Waals surface area contributed by atoms with Crippen LogP contribution < -0.4 is 5.73 Å². The van der Waals surface area contributed by atoms with E-state index in [4.69, 9.17) is 5.73 Å². The molecule has 1 aromatic rings. The molecule has 1 heterocycles. The van der Waals surface area contributed by atoms with Gasteiger partial charge in [0.25, 0.3) is 0 Å². The van der Waals surface area contributed by atoms with E-state index in [1.807, 2.05) is 0 Å². The van der Waals surface area contributed by atoms with Crippen molar-refractivity contribution in [2.75, 3.05) is 6.54 Å². The zero-order chi connectivity index (χ0) is 12.0. The highest BCUT2D eigenvalue weighted by atomic mass is 15.2. The van der Waals surface area contributed by atoms with Crippen LogP contribution in [-0.4, -0.2) is 23.5 Å². The van der Waals surface area contributed by atoms with Crippen molar-refractivity contribution in [3.8, 4) is 0 Å². The summed E-state index contributed by atoms with van der Waals surface area (Å²) < 4.78 is 0. The van der Waals surface area contributed by atoms with E-state index in [2.05, 4.69) is 36.9 Å². The van der Waals surface area contributed by atoms with E-state index in [1.54, 1.807) is 0 Å². The maximum absolute atomic E-state index is 6.33. The number of benzene rings is 1. The van der Waals surface area contributed by atoms with Crippen molar-refractivity contribution >= 4 is 0 Å². The molecule has 2 aliphatic rings. The zero-order valence-electron chi connectivity index (χ0n) is 10.8. The van der Waals surface area contributed by atoms with Crippen LogP contribution in [0.2, 0.25) is 0 Å². The lowest BCUT2D eigenvalue weighted by molar-refractivity contribution is 0.237. The summed E-state index contributed by atoms with van der Waals surface area (Å²) in [4.78, 5) is 2.64. The van der Waals surface area contributed by atoms with E-state index in [-0.39, 0.29) is 0 Å². The average molecular weight is 230 g/mol. The Morgan fingerprint density at radius 1 is 1.18 bits per heavy atom. The van der Waals surface area contributed by atoms with E-state index >= 15 is 0 Å². The number of likely N-dealkylation sites (tertiary alicyclic amines) is 1. The fraction of sp³-hybridized carbons (Fsp3) is 0.600. The zero-order valence-corrected chi connectivity index (χ0v) is 10.8. The quantitative estimate of drug-likeness (QED) is 0.846. The minimum atomic E-state index is 0.317. The summed E-state index contributed by atoms with van der Waals surface area (Å²) in [6.45, 7) is 5.56. The van der Waals surface area contributed by atoms with Gasteiger partial charge in [0.2, 0.25) is 0 Å². The number of nitrogens with two attached hydrogens (primary N) is 1. The van der Waals surface area contributed by atoms with Crippen LogP contribution in [-0.2, 0) is 0 Å². The predicted molar refractivity (Wildman–Crippen MR) is 71.0 cm³/mol. The first-order valence-corrected chi connectivity index (χ1v) is 6.75. The lowest BCUT2D eigenvalue weighted by Crippen LogP contribution is -2.33. The minimum absolute atomic E-state index is 0.317. The van der Waals surface area contributed by atoms with Gasteiger partial charge in [-0.1, -0.05) is 23.8 Å².